The molecule has 0 atom stereocenters. The van der Waals surface area contributed by atoms with E-state index in [-0.39, 0.29) is 11.7 Å². The molecule has 1 heterocycles. The number of hydrogen-bond donors (Lipinski definition) is 0. The fraction of sp³-hybridized carbons (Fsp3) is 0.667. The highest BCUT2D eigenvalue weighted by Gasteiger charge is 2.11. The second kappa shape index (κ2) is 13.4. The number of unbranched alkanes of at least 4 members (excludes halogenated alkanes) is 10. The van der Waals surface area contributed by atoms with E-state index in [2.05, 4.69) is 18.8 Å². The number of rotatable bonds is 15. The van der Waals surface area contributed by atoms with Gasteiger partial charge in [-0.15, -0.1) is 0 Å². The summed E-state index contributed by atoms with van der Waals surface area (Å²) in [6.07, 6.45) is 15.6. The molecule has 0 unspecified atom stereocenters. The van der Waals surface area contributed by atoms with Gasteiger partial charge in [0.1, 0.15) is 0 Å². The molecule has 0 radical (unpaired) electrons. The van der Waals surface area contributed by atoms with Crippen molar-refractivity contribution in [3.8, 4) is 6.08 Å². The number of nitrogens with zero attached hydrogens (tertiary/aromatic N) is 1. The number of benzene rings is 1. The van der Waals surface area contributed by atoms with E-state index in [1.54, 1.807) is 0 Å². The normalized spacial score (nSPS) is 11.2. The van der Waals surface area contributed by atoms with Crippen molar-refractivity contribution in [1.29, 1.82) is 0 Å². The van der Waals surface area contributed by atoms with Crippen LogP contribution in [0.3, 0.4) is 0 Å². The van der Waals surface area contributed by atoms with Crippen molar-refractivity contribution in [3.05, 3.63) is 34.2 Å². The van der Waals surface area contributed by atoms with Crippen molar-refractivity contribution in [2.45, 2.75) is 97.3 Å². The predicted octanol–water partition coefficient (Wildman–Crippen LogP) is 6.83. The molecule has 4 heteroatoms. The van der Waals surface area contributed by atoms with Gasteiger partial charge in [-0.1, -0.05) is 90.2 Å². The topological polar surface area (TPSA) is 52.3 Å². The molecular formula is C24H37NO3. The molecule has 156 valence electrons. The van der Waals surface area contributed by atoms with Gasteiger partial charge in [0.15, 0.2) is 0 Å². The van der Waals surface area contributed by atoms with Crippen molar-refractivity contribution < 1.29 is 9.15 Å². The highest BCUT2D eigenvalue weighted by Crippen LogP contribution is 2.19. The number of ether oxygens (including phenoxy) is 1. The van der Waals surface area contributed by atoms with E-state index in [0.29, 0.717) is 17.5 Å². The van der Waals surface area contributed by atoms with E-state index in [9.17, 15) is 4.79 Å². The first kappa shape index (κ1) is 22.4. The largest absolute Gasteiger partial charge is 0.450 e. The smallest absolute Gasteiger partial charge is 0.397 e. The summed E-state index contributed by atoms with van der Waals surface area (Å²) in [5.41, 5.74) is 1.39. The molecule has 1 aromatic carbocycles. The molecule has 0 aliphatic rings. The van der Waals surface area contributed by atoms with Gasteiger partial charge >= 0.3 is 11.7 Å². The van der Waals surface area contributed by atoms with Crippen LogP contribution in [-0.2, 0) is 6.42 Å². The standard InChI is InChI=1S/C24H37NO3/c1-3-5-7-9-11-13-16-20-17-15-18-21-22(20)23(26)28-24(25-21)27-19-14-12-10-8-6-4-2/h15,17-18H,3-14,16,19H2,1-2H3. The first-order valence-corrected chi connectivity index (χ1v) is 11.3. The van der Waals surface area contributed by atoms with Gasteiger partial charge in [-0.25, -0.2) is 4.79 Å². The van der Waals surface area contributed by atoms with Crippen LogP contribution in [0.5, 0.6) is 6.08 Å². The van der Waals surface area contributed by atoms with Gasteiger partial charge in [-0.2, -0.15) is 4.98 Å². The molecule has 0 aliphatic carbocycles. The van der Waals surface area contributed by atoms with E-state index in [1.807, 2.05) is 18.2 Å². The molecule has 0 N–H and O–H groups in total. The zero-order valence-corrected chi connectivity index (χ0v) is 17.8. The SMILES string of the molecule is CCCCCCCCOc1nc2cccc(CCCCCCCC)c2c(=O)o1. The van der Waals surface area contributed by atoms with Crippen LogP contribution in [0.4, 0.5) is 0 Å². The Hall–Kier alpha value is -1.84. The number of fused-ring (bicyclic) bond motifs is 1. The van der Waals surface area contributed by atoms with Crippen LogP contribution in [0.1, 0.15) is 96.5 Å². The maximum Gasteiger partial charge on any atom is 0.397 e. The second-order valence-corrected chi connectivity index (χ2v) is 7.71. The van der Waals surface area contributed by atoms with E-state index in [1.165, 1.54) is 57.8 Å². The Morgan fingerprint density at radius 3 is 2.21 bits per heavy atom. The van der Waals surface area contributed by atoms with Crippen molar-refractivity contribution in [3.63, 3.8) is 0 Å². The lowest BCUT2D eigenvalue weighted by molar-refractivity contribution is 0.211. The minimum absolute atomic E-state index is 0.0998. The lowest BCUT2D eigenvalue weighted by Crippen LogP contribution is -2.08. The quantitative estimate of drug-likeness (QED) is 0.314. The van der Waals surface area contributed by atoms with Crippen molar-refractivity contribution in [2.75, 3.05) is 6.61 Å². The molecule has 0 fully saturated rings. The predicted molar refractivity (Wildman–Crippen MR) is 116 cm³/mol. The summed E-state index contributed by atoms with van der Waals surface area (Å²) in [4.78, 5) is 16.9. The molecule has 0 saturated carbocycles. The van der Waals surface area contributed by atoms with Gasteiger partial charge in [-0.3, -0.25) is 0 Å². The molecule has 1 aromatic heterocycles. The first-order chi connectivity index (χ1) is 13.8. The van der Waals surface area contributed by atoms with Gasteiger partial charge in [0, 0.05) is 0 Å². The third-order valence-electron chi connectivity index (χ3n) is 5.25. The van der Waals surface area contributed by atoms with Crippen LogP contribution in [0, 0.1) is 0 Å². The Kier molecular flexibility index (Phi) is 10.7. The Bertz CT molecular complexity index is 738. The van der Waals surface area contributed by atoms with E-state index in [0.717, 1.165) is 31.2 Å². The maximum atomic E-state index is 12.5. The molecule has 2 aromatic rings. The fourth-order valence-corrected chi connectivity index (χ4v) is 3.57. The van der Waals surface area contributed by atoms with Crippen molar-refractivity contribution >= 4 is 10.9 Å². The van der Waals surface area contributed by atoms with Crippen LogP contribution < -0.4 is 10.4 Å². The van der Waals surface area contributed by atoms with Crippen molar-refractivity contribution in [1.82, 2.24) is 4.98 Å². The lowest BCUT2D eigenvalue weighted by Gasteiger charge is -2.07. The van der Waals surface area contributed by atoms with Crippen LogP contribution in [0.15, 0.2) is 27.4 Å². The van der Waals surface area contributed by atoms with Crippen molar-refractivity contribution in [2.24, 2.45) is 0 Å². The Morgan fingerprint density at radius 2 is 1.50 bits per heavy atom. The third-order valence-corrected chi connectivity index (χ3v) is 5.25. The molecule has 0 bridgehead atoms. The zero-order valence-electron chi connectivity index (χ0n) is 17.8. The molecule has 2 rings (SSSR count). The van der Waals surface area contributed by atoms with Crippen LogP contribution in [0.25, 0.3) is 10.9 Å². The second-order valence-electron chi connectivity index (χ2n) is 7.71. The van der Waals surface area contributed by atoms with Crippen LogP contribution in [0.2, 0.25) is 0 Å². The van der Waals surface area contributed by atoms with Gasteiger partial charge in [-0.05, 0) is 30.9 Å². The van der Waals surface area contributed by atoms with E-state index >= 15 is 0 Å². The Morgan fingerprint density at radius 1 is 0.857 bits per heavy atom. The monoisotopic (exact) mass is 387 g/mol. The van der Waals surface area contributed by atoms with Gasteiger partial charge in [0.2, 0.25) is 0 Å². The number of aromatic nitrogens is 1. The summed E-state index contributed by atoms with van der Waals surface area (Å²) in [6.45, 7) is 4.99. The van der Waals surface area contributed by atoms with Gasteiger partial charge in [0.05, 0.1) is 17.5 Å². The van der Waals surface area contributed by atoms with Crippen LogP contribution in [-0.4, -0.2) is 11.6 Å². The molecule has 0 spiro atoms. The Balaban J connectivity index is 1.88. The fourth-order valence-electron chi connectivity index (χ4n) is 3.57. The van der Waals surface area contributed by atoms with Gasteiger partial charge in [0.25, 0.3) is 0 Å². The highest BCUT2D eigenvalue weighted by molar-refractivity contribution is 5.80. The summed E-state index contributed by atoms with van der Waals surface area (Å²) in [5.74, 6) is 0. The average molecular weight is 388 g/mol. The van der Waals surface area contributed by atoms with Gasteiger partial charge < -0.3 is 9.15 Å². The minimum Gasteiger partial charge on any atom is -0.450 e. The average Bonchev–Trinajstić information content (AvgIpc) is 2.70. The third kappa shape index (κ3) is 7.65. The summed E-state index contributed by atoms with van der Waals surface area (Å²) in [7, 11) is 0. The zero-order chi connectivity index (χ0) is 20.0. The number of hydrogen-bond acceptors (Lipinski definition) is 4. The summed E-state index contributed by atoms with van der Waals surface area (Å²) < 4.78 is 10.9. The molecule has 28 heavy (non-hydrogen) atoms. The maximum absolute atomic E-state index is 12.5. The van der Waals surface area contributed by atoms with E-state index in [4.69, 9.17) is 9.15 Å². The Labute approximate surface area is 169 Å². The molecule has 0 amide bonds. The molecule has 4 nitrogen and oxygen atoms in total. The summed E-state index contributed by atoms with van der Waals surface area (Å²) in [6, 6.07) is 5.86. The summed E-state index contributed by atoms with van der Waals surface area (Å²) in [5, 5.41) is 0.614. The number of aryl methyl sites for hydroxylation is 1. The first-order valence-electron chi connectivity index (χ1n) is 11.3. The lowest BCUT2D eigenvalue weighted by atomic mass is 10.0. The van der Waals surface area contributed by atoms with Crippen LogP contribution >= 0.6 is 0 Å². The highest BCUT2D eigenvalue weighted by atomic mass is 16.6. The van der Waals surface area contributed by atoms with E-state index < -0.39 is 0 Å². The molecule has 0 aliphatic heterocycles. The summed E-state index contributed by atoms with van der Waals surface area (Å²) >= 11 is 0. The minimum atomic E-state index is -0.329. The molecule has 0 saturated heterocycles. The molecular weight excluding hydrogens is 350 g/mol.